The van der Waals surface area contributed by atoms with Crippen LogP contribution in [0.4, 0.5) is 0 Å². The van der Waals surface area contributed by atoms with E-state index in [-0.39, 0.29) is 6.61 Å². The molecule has 0 aliphatic carbocycles. The number of fused-ring (bicyclic) bond motifs is 1. The Bertz CT molecular complexity index is 289. The highest BCUT2D eigenvalue weighted by molar-refractivity contribution is 5.66. The molecule has 1 N–H and O–H groups in total. The molecule has 6 nitrogen and oxygen atoms in total. The molecule has 4 atom stereocenters. The smallest absolute Gasteiger partial charge is 0.303 e. The maximum atomic E-state index is 11.0. The quantitative estimate of drug-likeness (QED) is 0.664. The molecule has 0 aromatic heterocycles. The molecule has 0 amide bonds. The lowest BCUT2D eigenvalue weighted by atomic mass is 10.1. The van der Waals surface area contributed by atoms with Gasteiger partial charge in [-0.25, -0.2) is 0 Å². The summed E-state index contributed by atoms with van der Waals surface area (Å²) in [6.45, 7) is 4.59. The molecular formula is C10H16O6. The van der Waals surface area contributed by atoms with E-state index < -0.39 is 36.4 Å². The van der Waals surface area contributed by atoms with Gasteiger partial charge in [-0.3, -0.25) is 4.79 Å². The van der Waals surface area contributed by atoms with E-state index in [9.17, 15) is 4.79 Å². The monoisotopic (exact) mass is 232 g/mol. The number of ether oxygens (including phenoxy) is 4. The molecule has 16 heavy (non-hydrogen) atoms. The Balaban J connectivity index is 2.10. The summed E-state index contributed by atoms with van der Waals surface area (Å²) in [5, 5.41) is 9.11. The van der Waals surface area contributed by atoms with Crippen LogP contribution in [0.15, 0.2) is 0 Å². The first kappa shape index (κ1) is 11.8. The van der Waals surface area contributed by atoms with Crippen LogP contribution in [0, 0.1) is 0 Å². The van der Waals surface area contributed by atoms with Crippen LogP contribution in [0.2, 0.25) is 0 Å². The van der Waals surface area contributed by atoms with Gasteiger partial charge in [-0.15, -0.1) is 0 Å². The number of hydrogen-bond acceptors (Lipinski definition) is 6. The highest BCUT2D eigenvalue weighted by Crippen LogP contribution is 2.38. The number of hydrogen-bond donors (Lipinski definition) is 1. The van der Waals surface area contributed by atoms with Crippen molar-refractivity contribution in [3.05, 3.63) is 0 Å². The van der Waals surface area contributed by atoms with Crippen molar-refractivity contribution in [1.82, 2.24) is 0 Å². The summed E-state index contributed by atoms with van der Waals surface area (Å²) in [5.74, 6) is -1.19. The topological polar surface area (TPSA) is 74.2 Å². The summed E-state index contributed by atoms with van der Waals surface area (Å²) in [6, 6.07) is 0. The highest BCUT2D eigenvalue weighted by Gasteiger charge is 2.56. The van der Waals surface area contributed by atoms with E-state index in [4.69, 9.17) is 24.1 Å². The summed E-state index contributed by atoms with van der Waals surface area (Å²) < 4.78 is 21.6. The Morgan fingerprint density at radius 2 is 2.12 bits per heavy atom. The van der Waals surface area contributed by atoms with E-state index in [2.05, 4.69) is 0 Å². The van der Waals surface area contributed by atoms with Crippen LogP contribution in [0.25, 0.3) is 0 Å². The largest absolute Gasteiger partial charge is 0.457 e. The fourth-order valence-electron chi connectivity index (χ4n) is 2.03. The Hall–Kier alpha value is -0.690. The van der Waals surface area contributed by atoms with Crippen molar-refractivity contribution in [1.29, 1.82) is 0 Å². The molecule has 2 fully saturated rings. The number of carbonyl (C=O) groups excluding carboxylic acids is 1. The lowest BCUT2D eigenvalue weighted by molar-refractivity contribution is -0.221. The minimum absolute atomic E-state index is 0.238. The lowest BCUT2D eigenvalue weighted by Gasteiger charge is -2.24. The number of aliphatic hydroxyl groups excluding tert-OH is 1. The van der Waals surface area contributed by atoms with Gasteiger partial charge in [0.25, 0.3) is 0 Å². The van der Waals surface area contributed by atoms with E-state index in [1.165, 1.54) is 6.92 Å². The molecule has 2 aliphatic heterocycles. The van der Waals surface area contributed by atoms with Crippen LogP contribution in [-0.4, -0.2) is 48.1 Å². The number of rotatable bonds is 2. The second-order valence-corrected chi connectivity index (χ2v) is 4.40. The predicted octanol–water partition coefficient (Wildman–Crippen LogP) is -0.213. The summed E-state index contributed by atoms with van der Waals surface area (Å²) in [4.78, 5) is 11.0. The van der Waals surface area contributed by atoms with Crippen LogP contribution >= 0.6 is 0 Å². The molecule has 6 heteroatoms. The van der Waals surface area contributed by atoms with Gasteiger partial charge in [0.15, 0.2) is 24.3 Å². The van der Waals surface area contributed by atoms with E-state index in [0.717, 1.165) is 0 Å². The van der Waals surface area contributed by atoms with Gasteiger partial charge in [0.1, 0.15) is 6.10 Å². The second kappa shape index (κ2) is 3.96. The van der Waals surface area contributed by atoms with E-state index in [1.807, 2.05) is 0 Å². The van der Waals surface area contributed by atoms with Crippen molar-refractivity contribution < 1.29 is 28.8 Å². The van der Waals surface area contributed by atoms with Gasteiger partial charge in [-0.2, -0.15) is 0 Å². The molecule has 2 rings (SSSR count). The van der Waals surface area contributed by atoms with Crippen LogP contribution < -0.4 is 0 Å². The van der Waals surface area contributed by atoms with Crippen LogP contribution in [-0.2, 0) is 23.7 Å². The van der Waals surface area contributed by atoms with Crippen LogP contribution in [0.5, 0.6) is 0 Å². The summed E-state index contributed by atoms with van der Waals surface area (Å²) in [5.41, 5.74) is 0. The van der Waals surface area contributed by atoms with Crippen molar-refractivity contribution in [2.24, 2.45) is 0 Å². The minimum Gasteiger partial charge on any atom is -0.457 e. The van der Waals surface area contributed by atoms with Gasteiger partial charge in [0.05, 0.1) is 6.61 Å². The van der Waals surface area contributed by atoms with Crippen LogP contribution in [0.1, 0.15) is 20.8 Å². The third-order valence-corrected chi connectivity index (χ3v) is 2.57. The van der Waals surface area contributed by atoms with Crippen molar-refractivity contribution in [3.8, 4) is 0 Å². The van der Waals surface area contributed by atoms with E-state index in [0.29, 0.717) is 0 Å². The first-order chi connectivity index (χ1) is 7.43. The maximum Gasteiger partial charge on any atom is 0.303 e. The zero-order chi connectivity index (χ0) is 11.9. The predicted molar refractivity (Wildman–Crippen MR) is 51.3 cm³/mol. The maximum absolute atomic E-state index is 11.0. The summed E-state index contributed by atoms with van der Waals surface area (Å²) in [6.07, 6.45) is -2.27. The molecule has 2 aliphatic rings. The van der Waals surface area contributed by atoms with Crippen molar-refractivity contribution in [3.63, 3.8) is 0 Å². The fourth-order valence-corrected chi connectivity index (χ4v) is 2.03. The molecule has 2 heterocycles. The molecule has 0 aromatic carbocycles. The van der Waals surface area contributed by atoms with Gasteiger partial charge in [-0.05, 0) is 13.8 Å². The van der Waals surface area contributed by atoms with Gasteiger partial charge in [-0.1, -0.05) is 0 Å². The first-order valence-corrected chi connectivity index (χ1v) is 5.22. The molecule has 0 saturated carbocycles. The molecule has 0 spiro atoms. The molecule has 2 saturated heterocycles. The Labute approximate surface area is 93.4 Å². The van der Waals surface area contributed by atoms with Gasteiger partial charge < -0.3 is 24.1 Å². The molecule has 92 valence electrons. The summed E-state index contributed by atoms with van der Waals surface area (Å²) >= 11 is 0. The zero-order valence-electron chi connectivity index (χ0n) is 9.50. The molecule has 0 radical (unpaired) electrons. The average molecular weight is 232 g/mol. The number of aliphatic hydroxyl groups is 1. The fraction of sp³-hybridized carbons (Fsp3) is 0.900. The minimum atomic E-state index is -0.756. The molecule has 0 bridgehead atoms. The Kier molecular flexibility index (Phi) is 2.91. The Morgan fingerprint density at radius 1 is 1.44 bits per heavy atom. The van der Waals surface area contributed by atoms with Crippen LogP contribution in [0.3, 0.4) is 0 Å². The Morgan fingerprint density at radius 3 is 2.69 bits per heavy atom. The lowest BCUT2D eigenvalue weighted by Crippen LogP contribution is -2.39. The molecular weight excluding hydrogens is 216 g/mol. The van der Waals surface area contributed by atoms with Crippen molar-refractivity contribution >= 4 is 5.97 Å². The van der Waals surface area contributed by atoms with E-state index >= 15 is 0 Å². The number of esters is 1. The van der Waals surface area contributed by atoms with Gasteiger partial charge >= 0.3 is 5.97 Å². The van der Waals surface area contributed by atoms with Crippen molar-refractivity contribution in [2.45, 2.75) is 51.2 Å². The van der Waals surface area contributed by atoms with Gasteiger partial charge in [0.2, 0.25) is 0 Å². The van der Waals surface area contributed by atoms with Crippen molar-refractivity contribution in [2.75, 3.05) is 6.61 Å². The third kappa shape index (κ3) is 2.06. The van der Waals surface area contributed by atoms with E-state index in [1.54, 1.807) is 13.8 Å². The first-order valence-electron chi connectivity index (χ1n) is 5.22. The standard InChI is InChI=1S/C10H16O6/c1-5(12)13-7-6(4-11)14-9-8(7)15-10(2,3)16-9/h6-9,11H,4H2,1-3H3/t6-,7+,8-,9-/m1/s1. The zero-order valence-corrected chi connectivity index (χ0v) is 9.50. The SMILES string of the molecule is CC(=O)O[C@@H]1[C@H]2OC(C)(C)O[C@H]2O[C@@H]1CO. The third-order valence-electron chi connectivity index (χ3n) is 2.57. The molecule has 0 aromatic rings. The average Bonchev–Trinajstić information content (AvgIpc) is 2.59. The normalized spacial score (nSPS) is 40.8. The summed E-state index contributed by atoms with van der Waals surface area (Å²) in [7, 11) is 0. The molecule has 0 unspecified atom stereocenters. The van der Waals surface area contributed by atoms with Gasteiger partial charge in [0, 0.05) is 6.92 Å². The highest BCUT2D eigenvalue weighted by atomic mass is 16.8. The number of carbonyl (C=O) groups is 1. The second-order valence-electron chi connectivity index (χ2n) is 4.40.